The molecule has 32 heavy (non-hydrogen) atoms. The Morgan fingerprint density at radius 1 is 1.03 bits per heavy atom. The molecule has 166 valence electrons. The quantitative estimate of drug-likeness (QED) is 0.425. The van der Waals surface area contributed by atoms with Crippen LogP contribution in [0.4, 0.5) is 8.78 Å². The van der Waals surface area contributed by atoms with Crippen LogP contribution in [-0.2, 0) is 18.9 Å². The summed E-state index contributed by atoms with van der Waals surface area (Å²) in [5.41, 5.74) is 3.79. The Hall–Kier alpha value is -3.49. The molecule has 0 spiro atoms. The molecule has 0 aliphatic carbocycles. The second-order valence-electron chi connectivity index (χ2n) is 8.14. The van der Waals surface area contributed by atoms with Gasteiger partial charge in [-0.25, -0.2) is 9.67 Å². The third kappa shape index (κ3) is 4.56. The van der Waals surface area contributed by atoms with Crippen molar-refractivity contribution in [2.75, 3.05) is 0 Å². The van der Waals surface area contributed by atoms with E-state index in [1.807, 2.05) is 62.4 Å². The van der Waals surface area contributed by atoms with Gasteiger partial charge in [-0.3, -0.25) is 0 Å². The van der Waals surface area contributed by atoms with Gasteiger partial charge in [0.05, 0.1) is 6.54 Å². The first kappa shape index (κ1) is 21.7. The summed E-state index contributed by atoms with van der Waals surface area (Å²) in [5, 5.41) is 18.4. The fraction of sp³-hybridized carbons (Fsp3) is 0.348. The van der Waals surface area contributed by atoms with E-state index in [9.17, 15) is 8.78 Å². The number of aromatic nitrogens is 7. The van der Waals surface area contributed by atoms with Gasteiger partial charge in [-0.2, -0.15) is 14.0 Å². The van der Waals surface area contributed by atoms with Crippen molar-refractivity contribution in [1.29, 1.82) is 0 Å². The smallest absolute Gasteiger partial charge is 0.245 e. The van der Waals surface area contributed by atoms with Gasteiger partial charge in [-0.15, -0.1) is 15.3 Å². The molecule has 2 aromatic heterocycles. The number of nitrogens with zero attached hydrogens (tertiary/aromatic N) is 6. The number of H-pyrrole nitrogens is 1. The Labute approximate surface area is 184 Å². The highest BCUT2D eigenvalue weighted by atomic mass is 19.3. The molecule has 0 fully saturated rings. The lowest BCUT2D eigenvalue weighted by atomic mass is 9.98. The molecule has 0 aliphatic rings. The molecule has 2 heterocycles. The molecule has 0 saturated heterocycles. The summed E-state index contributed by atoms with van der Waals surface area (Å²) < 4.78 is 30.0. The highest BCUT2D eigenvalue weighted by Gasteiger charge is 2.35. The molecular weight excluding hydrogens is 412 g/mol. The summed E-state index contributed by atoms with van der Waals surface area (Å²) in [6.07, 6.45) is 0.259. The van der Waals surface area contributed by atoms with E-state index in [2.05, 4.69) is 30.7 Å². The van der Waals surface area contributed by atoms with Crippen molar-refractivity contribution in [1.82, 2.24) is 35.4 Å². The summed E-state index contributed by atoms with van der Waals surface area (Å²) in [5.74, 6) is -2.05. The van der Waals surface area contributed by atoms with E-state index in [1.165, 1.54) is 6.92 Å². The van der Waals surface area contributed by atoms with Gasteiger partial charge in [0.15, 0.2) is 0 Å². The van der Waals surface area contributed by atoms with Crippen LogP contribution in [-0.4, -0.2) is 35.4 Å². The molecule has 4 rings (SSSR count). The number of alkyl halides is 2. The topological polar surface area (TPSA) is 85.2 Å². The maximum atomic E-state index is 14.2. The molecule has 4 aromatic rings. The standard InChI is InChI=1S/C23H25F2N7/c1-4-23(24,25)22-26-20(13-15(2)3)32(29-22)14-16-9-11-17(12-10-16)18-7-5-6-8-19(18)21-27-30-31-28-21/h5-12,15H,4,13-14H2,1-3H3,(H,27,28,30,31). The van der Waals surface area contributed by atoms with Crippen LogP contribution in [0.5, 0.6) is 0 Å². The minimum atomic E-state index is -3.03. The minimum absolute atomic E-state index is 0.282. The lowest BCUT2D eigenvalue weighted by Gasteiger charge is -2.10. The number of tetrazole rings is 1. The van der Waals surface area contributed by atoms with E-state index in [0.29, 0.717) is 24.6 Å². The largest absolute Gasteiger partial charge is 0.308 e. The molecule has 9 heteroatoms. The van der Waals surface area contributed by atoms with E-state index in [1.54, 1.807) is 4.68 Å². The van der Waals surface area contributed by atoms with Crippen LogP contribution in [0.25, 0.3) is 22.5 Å². The Bertz CT molecular complexity index is 1170. The van der Waals surface area contributed by atoms with E-state index in [4.69, 9.17) is 0 Å². The average Bonchev–Trinajstić information content (AvgIpc) is 3.45. The third-order valence-electron chi connectivity index (χ3n) is 5.22. The van der Waals surface area contributed by atoms with Crippen LogP contribution in [0.2, 0.25) is 0 Å². The molecular formula is C23H25F2N7. The lowest BCUT2D eigenvalue weighted by molar-refractivity contribution is -0.0177. The van der Waals surface area contributed by atoms with Crippen LogP contribution >= 0.6 is 0 Å². The monoisotopic (exact) mass is 437 g/mol. The maximum Gasteiger partial charge on any atom is 0.308 e. The molecule has 0 atom stereocenters. The summed E-state index contributed by atoms with van der Waals surface area (Å²) in [4.78, 5) is 4.17. The Balaban J connectivity index is 1.62. The van der Waals surface area contributed by atoms with E-state index < -0.39 is 11.7 Å². The Morgan fingerprint density at radius 2 is 1.75 bits per heavy atom. The van der Waals surface area contributed by atoms with Gasteiger partial charge in [0.1, 0.15) is 5.82 Å². The number of rotatable bonds is 8. The van der Waals surface area contributed by atoms with Crippen LogP contribution in [0.15, 0.2) is 48.5 Å². The van der Waals surface area contributed by atoms with Crippen molar-refractivity contribution in [3.05, 3.63) is 65.7 Å². The van der Waals surface area contributed by atoms with Crippen molar-refractivity contribution >= 4 is 0 Å². The Morgan fingerprint density at radius 3 is 2.38 bits per heavy atom. The molecule has 0 radical (unpaired) electrons. The molecule has 0 bridgehead atoms. The molecule has 0 amide bonds. The van der Waals surface area contributed by atoms with Gasteiger partial charge in [0.2, 0.25) is 11.6 Å². The van der Waals surface area contributed by atoms with Gasteiger partial charge in [0.25, 0.3) is 0 Å². The molecule has 2 aromatic carbocycles. The van der Waals surface area contributed by atoms with Crippen LogP contribution < -0.4 is 0 Å². The Kier molecular flexibility index (Phi) is 6.07. The summed E-state index contributed by atoms with van der Waals surface area (Å²) in [7, 11) is 0. The third-order valence-corrected chi connectivity index (χ3v) is 5.22. The van der Waals surface area contributed by atoms with Crippen molar-refractivity contribution in [3.63, 3.8) is 0 Å². The predicted octanol–water partition coefficient (Wildman–Crippen LogP) is 4.87. The number of benzene rings is 2. The van der Waals surface area contributed by atoms with Gasteiger partial charge in [-0.05, 0) is 27.8 Å². The van der Waals surface area contributed by atoms with Crippen molar-refractivity contribution in [2.24, 2.45) is 5.92 Å². The minimum Gasteiger partial charge on any atom is -0.245 e. The summed E-state index contributed by atoms with van der Waals surface area (Å²) >= 11 is 0. The highest BCUT2D eigenvalue weighted by molar-refractivity contribution is 5.80. The van der Waals surface area contributed by atoms with Crippen molar-refractivity contribution < 1.29 is 8.78 Å². The molecule has 0 saturated carbocycles. The first-order valence-corrected chi connectivity index (χ1v) is 10.6. The first-order chi connectivity index (χ1) is 15.4. The molecule has 0 unspecified atom stereocenters. The second kappa shape index (κ2) is 8.94. The van der Waals surface area contributed by atoms with Gasteiger partial charge in [-0.1, -0.05) is 69.3 Å². The number of hydrogen-bond acceptors (Lipinski definition) is 5. The van der Waals surface area contributed by atoms with E-state index in [-0.39, 0.29) is 12.3 Å². The van der Waals surface area contributed by atoms with Crippen molar-refractivity contribution in [3.8, 4) is 22.5 Å². The van der Waals surface area contributed by atoms with E-state index >= 15 is 0 Å². The highest BCUT2D eigenvalue weighted by Crippen LogP contribution is 2.31. The number of nitrogens with one attached hydrogen (secondary N) is 1. The van der Waals surface area contributed by atoms with Crippen LogP contribution in [0.1, 0.15) is 44.4 Å². The predicted molar refractivity (Wildman–Crippen MR) is 117 cm³/mol. The molecule has 0 aliphatic heterocycles. The van der Waals surface area contributed by atoms with Crippen LogP contribution in [0, 0.1) is 5.92 Å². The normalized spacial score (nSPS) is 11.9. The van der Waals surface area contributed by atoms with Gasteiger partial charge in [0, 0.05) is 18.4 Å². The number of hydrogen-bond donors (Lipinski definition) is 1. The SMILES string of the molecule is CCC(F)(F)c1nc(CC(C)C)n(Cc2ccc(-c3ccccc3-c3nn[nH]n3)cc2)n1. The summed E-state index contributed by atoms with van der Waals surface area (Å²) in [6.45, 7) is 5.88. The zero-order valence-corrected chi connectivity index (χ0v) is 18.3. The van der Waals surface area contributed by atoms with Crippen LogP contribution in [0.3, 0.4) is 0 Å². The summed E-state index contributed by atoms with van der Waals surface area (Å²) in [6, 6.07) is 15.8. The average molecular weight is 437 g/mol. The fourth-order valence-corrected chi connectivity index (χ4v) is 3.50. The molecule has 1 N–H and O–H groups in total. The van der Waals surface area contributed by atoms with E-state index in [0.717, 1.165) is 22.3 Å². The zero-order valence-electron chi connectivity index (χ0n) is 18.3. The maximum absolute atomic E-state index is 14.2. The lowest BCUT2D eigenvalue weighted by Crippen LogP contribution is -2.14. The van der Waals surface area contributed by atoms with Gasteiger partial charge < -0.3 is 0 Å². The zero-order chi connectivity index (χ0) is 22.7. The fourth-order valence-electron chi connectivity index (χ4n) is 3.50. The molecule has 7 nitrogen and oxygen atoms in total. The second-order valence-corrected chi connectivity index (χ2v) is 8.14. The first-order valence-electron chi connectivity index (χ1n) is 10.6. The number of halogens is 2. The van der Waals surface area contributed by atoms with Gasteiger partial charge >= 0.3 is 5.92 Å². The van der Waals surface area contributed by atoms with Crippen molar-refractivity contribution in [2.45, 2.75) is 46.1 Å². The number of aromatic amines is 1.